The van der Waals surface area contributed by atoms with E-state index in [-0.39, 0.29) is 22.8 Å². The molecule has 9 heteroatoms. The highest BCUT2D eigenvalue weighted by atomic mass is 32.2. The van der Waals surface area contributed by atoms with E-state index in [1.165, 1.54) is 6.26 Å². The molecule has 0 radical (unpaired) electrons. The molecule has 2 heterocycles. The van der Waals surface area contributed by atoms with Crippen molar-refractivity contribution in [3.8, 4) is 0 Å². The number of piperidine rings is 1. The molecular formula is C20H28N4O4S. The van der Waals surface area contributed by atoms with E-state index in [4.69, 9.17) is 4.74 Å². The molecule has 1 amide bonds. The van der Waals surface area contributed by atoms with Gasteiger partial charge in [0.1, 0.15) is 0 Å². The molecule has 1 aliphatic rings. The Balaban J connectivity index is 1.84. The van der Waals surface area contributed by atoms with Crippen LogP contribution in [0.25, 0.3) is 10.9 Å². The zero-order valence-corrected chi connectivity index (χ0v) is 18.1. The first-order valence-corrected chi connectivity index (χ1v) is 11.6. The fourth-order valence-corrected chi connectivity index (χ4v) is 4.29. The topological polar surface area (TPSA) is 101 Å². The molecule has 29 heavy (non-hydrogen) atoms. The normalized spacial score (nSPS) is 18.6. The molecule has 158 valence electrons. The quantitative estimate of drug-likeness (QED) is 0.759. The number of nitrogens with one attached hydrogen (secondary N) is 1. The van der Waals surface area contributed by atoms with Crippen molar-refractivity contribution < 1.29 is 17.9 Å². The first-order valence-electron chi connectivity index (χ1n) is 9.71. The summed E-state index contributed by atoms with van der Waals surface area (Å²) >= 11 is 0. The Morgan fingerprint density at radius 3 is 2.83 bits per heavy atom. The number of methoxy groups -OCH3 is 1. The number of carbonyl (C=O) groups is 1. The van der Waals surface area contributed by atoms with Gasteiger partial charge in [0.05, 0.1) is 28.6 Å². The van der Waals surface area contributed by atoms with Crippen molar-refractivity contribution >= 4 is 32.6 Å². The fourth-order valence-electron chi connectivity index (χ4n) is 3.65. The van der Waals surface area contributed by atoms with Gasteiger partial charge in [0, 0.05) is 37.9 Å². The summed E-state index contributed by atoms with van der Waals surface area (Å²) in [4.78, 5) is 24.1. The van der Waals surface area contributed by atoms with Crippen LogP contribution in [0, 0.1) is 12.8 Å². The molecule has 2 aromatic rings. The molecule has 1 aromatic heterocycles. The first-order chi connectivity index (χ1) is 13.7. The number of hydrogen-bond acceptors (Lipinski definition) is 7. The fraction of sp³-hybridized carbons (Fsp3) is 0.550. The summed E-state index contributed by atoms with van der Waals surface area (Å²) in [6.07, 6.45) is 2.86. The summed E-state index contributed by atoms with van der Waals surface area (Å²) in [5.41, 5.74) is 1.38. The lowest BCUT2D eigenvalue weighted by Crippen LogP contribution is -2.46. The summed E-state index contributed by atoms with van der Waals surface area (Å²) < 4.78 is 28.9. The third-order valence-corrected chi connectivity index (χ3v) is 6.27. The summed E-state index contributed by atoms with van der Waals surface area (Å²) in [6, 6.07) is 4.87. The molecule has 0 aliphatic carbocycles. The van der Waals surface area contributed by atoms with Crippen LogP contribution in [-0.2, 0) is 19.4 Å². The third-order valence-electron chi connectivity index (χ3n) is 5.16. The second-order valence-corrected chi connectivity index (χ2v) is 9.73. The number of rotatable bonds is 6. The number of fused-ring (bicyclic) bond motifs is 1. The molecule has 1 aromatic carbocycles. The van der Waals surface area contributed by atoms with Crippen LogP contribution in [0.3, 0.4) is 0 Å². The van der Waals surface area contributed by atoms with Gasteiger partial charge in [0.2, 0.25) is 11.9 Å². The van der Waals surface area contributed by atoms with E-state index in [1.807, 2.05) is 18.7 Å². The summed E-state index contributed by atoms with van der Waals surface area (Å²) in [6.45, 7) is 5.56. The van der Waals surface area contributed by atoms with Crippen LogP contribution >= 0.6 is 0 Å². The Bertz CT molecular complexity index is 1010. The predicted octanol–water partition coefficient (Wildman–Crippen LogP) is 1.71. The van der Waals surface area contributed by atoms with Gasteiger partial charge in [-0.2, -0.15) is 0 Å². The van der Waals surface area contributed by atoms with Gasteiger partial charge >= 0.3 is 0 Å². The molecule has 1 N–H and O–H groups in total. The number of carbonyl (C=O) groups excluding carboxylic acids is 1. The average molecular weight is 421 g/mol. The number of nitrogens with zero attached hydrogens (tertiary/aromatic N) is 3. The van der Waals surface area contributed by atoms with Gasteiger partial charge in [-0.15, -0.1) is 0 Å². The van der Waals surface area contributed by atoms with Gasteiger partial charge in [-0.05, 0) is 44.9 Å². The van der Waals surface area contributed by atoms with E-state index in [0.29, 0.717) is 24.6 Å². The summed E-state index contributed by atoms with van der Waals surface area (Å²) in [5.74, 6) is 0.393. The zero-order chi connectivity index (χ0) is 21.2. The van der Waals surface area contributed by atoms with Gasteiger partial charge in [-0.25, -0.2) is 18.4 Å². The highest BCUT2D eigenvalue weighted by Gasteiger charge is 2.28. The monoisotopic (exact) mass is 420 g/mol. The summed E-state index contributed by atoms with van der Waals surface area (Å²) in [7, 11) is -1.71. The van der Waals surface area contributed by atoms with Crippen LogP contribution in [0.15, 0.2) is 23.1 Å². The van der Waals surface area contributed by atoms with E-state index in [1.54, 1.807) is 25.3 Å². The van der Waals surface area contributed by atoms with Crippen LogP contribution in [-0.4, -0.2) is 63.4 Å². The molecule has 1 saturated heterocycles. The largest absolute Gasteiger partial charge is 0.383 e. The first kappa shape index (κ1) is 21.4. The number of sulfone groups is 1. The smallest absolute Gasteiger partial charge is 0.226 e. The maximum atomic E-state index is 12.6. The SMILES string of the molecule is COC[C@H](C)NC(=O)[C@H]1CCCN(c2nc(C)c3ccc(S(C)(=O)=O)cc3n2)C1. The van der Waals surface area contributed by atoms with Gasteiger partial charge in [-0.3, -0.25) is 4.79 Å². The minimum atomic E-state index is -3.32. The number of amides is 1. The maximum Gasteiger partial charge on any atom is 0.226 e. The number of anilines is 1. The van der Waals surface area contributed by atoms with Crippen molar-refractivity contribution in [1.29, 1.82) is 0 Å². The number of hydrogen-bond donors (Lipinski definition) is 1. The molecule has 1 aliphatic heterocycles. The van der Waals surface area contributed by atoms with Crippen molar-refractivity contribution in [3.05, 3.63) is 23.9 Å². The Morgan fingerprint density at radius 1 is 1.38 bits per heavy atom. The molecule has 2 atom stereocenters. The number of aryl methyl sites for hydroxylation is 1. The highest BCUT2D eigenvalue weighted by molar-refractivity contribution is 7.90. The molecule has 0 spiro atoms. The van der Waals surface area contributed by atoms with Crippen molar-refractivity contribution in [2.45, 2.75) is 37.6 Å². The van der Waals surface area contributed by atoms with Crippen molar-refractivity contribution in [2.24, 2.45) is 5.92 Å². The van der Waals surface area contributed by atoms with E-state index in [9.17, 15) is 13.2 Å². The molecule has 0 saturated carbocycles. The third kappa shape index (κ3) is 5.02. The molecular weight excluding hydrogens is 392 g/mol. The Hall–Kier alpha value is -2.26. The summed E-state index contributed by atoms with van der Waals surface area (Å²) in [5, 5.41) is 3.81. The van der Waals surface area contributed by atoms with E-state index in [2.05, 4.69) is 15.3 Å². The van der Waals surface area contributed by atoms with Crippen molar-refractivity contribution in [3.63, 3.8) is 0 Å². The number of aromatic nitrogens is 2. The van der Waals surface area contributed by atoms with Crippen LogP contribution < -0.4 is 10.2 Å². The number of ether oxygens (including phenoxy) is 1. The molecule has 1 fully saturated rings. The lowest BCUT2D eigenvalue weighted by atomic mass is 9.97. The standard InChI is InChI=1S/C20H28N4O4S/c1-13(12-28-3)21-19(25)15-6-5-9-24(11-15)20-22-14(2)17-8-7-16(29(4,26)27)10-18(17)23-20/h7-8,10,13,15H,5-6,9,11-12H2,1-4H3,(H,21,25)/t13-,15-/m0/s1. The van der Waals surface area contributed by atoms with E-state index < -0.39 is 9.84 Å². The highest BCUT2D eigenvalue weighted by Crippen LogP contribution is 2.25. The van der Waals surface area contributed by atoms with Crippen molar-refractivity contribution in [1.82, 2.24) is 15.3 Å². The van der Waals surface area contributed by atoms with E-state index >= 15 is 0 Å². The molecule has 0 unspecified atom stereocenters. The lowest BCUT2D eigenvalue weighted by Gasteiger charge is -2.32. The predicted molar refractivity (Wildman–Crippen MR) is 112 cm³/mol. The van der Waals surface area contributed by atoms with Crippen LogP contribution in [0.2, 0.25) is 0 Å². The molecule has 0 bridgehead atoms. The Labute approximate surface area is 171 Å². The lowest BCUT2D eigenvalue weighted by molar-refractivity contribution is -0.126. The molecule has 8 nitrogen and oxygen atoms in total. The van der Waals surface area contributed by atoms with Gasteiger partial charge in [-0.1, -0.05) is 0 Å². The maximum absolute atomic E-state index is 12.6. The Morgan fingerprint density at radius 2 is 2.14 bits per heavy atom. The average Bonchev–Trinajstić information content (AvgIpc) is 2.67. The molecule has 3 rings (SSSR count). The van der Waals surface area contributed by atoms with Crippen LogP contribution in [0.1, 0.15) is 25.5 Å². The van der Waals surface area contributed by atoms with Gasteiger partial charge < -0.3 is 15.0 Å². The minimum absolute atomic E-state index is 0.0103. The van der Waals surface area contributed by atoms with Crippen molar-refractivity contribution in [2.75, 3.05) is 38.0 Å². The zero-order valence-electron chi connectivity index (χ0n) is 17.3. The van der Waals surface area contributed by atoms with Crippen LogP contribution in [0.5, 0.6) is 0 Å². The minimum Gasteiger partial charge on any atom is -0.383 e. The second kappa shape index (κ2) is 8.62. The van der Waals surface area contributed by atoms with E-state index in [0.717, 1.165) is 30.5 Å². The van der Waals surface area contributed by atoms with Gasteiger partial charge in [0.25, 0.3) is 0 Å². The van der Waals surface area contributed by atoms with Crippen LogP contribution in [0.4, 0.5) is 5.95 Å². The Kier molecular flexibility index (Phi) is 6.38. The van der Waals surface area contributed by atoms with Gasteiger partial charge in [0.15, 0.2) is 9.84 Å². The second-order valence-electron chi connectivity index (χ2n) is 7.71. The number of benzene rings is 1.